The van der Waals surface area contributed by atoms with Gasteiger partial charge in [0.2, 0.25) is 0 Å². The number of hydrogen-bond acceptors (Lipinski definition) is 10. The molecule has 0 bridgehead atoms. The molecule has 3 heterocycles. The summed E-state index contributed by atoms with van der Waals surface area (Å²) in [6.45, 7) is 7.63. The number of morpholine rings is 1. The summed E-state index contributed by atoms with van der Waals surface area (Å²) in [5.41, 5.74) is 5.70. The lowest BCUT2D eigenvalue weighted by atomic mass is 10.1. The van der Waals surface area contributed by atoms with Gasteiger partial charge < -0.3 is 19.5 Å². The molecule has 0 radical (unpaired) electrons. The van der Waals surface area contributed by atoms with Crippen LogP contribution >= 0.6 is 11.3 Å². The third kappa shape index (κ3) is 8.99. The minimum atomic E-state index is -0.0447. The van der Waals surface area contributed by atoms with Crippen LogP contribution in [0.3, 0.4) is 0 Å². The third-order valence-corrected chi connectivity index (χ3v) is 8.39. The Bertz CT molecular complexity index is 1440. The van der Waals surface area contributed by atoms with Gasteiger partial charge >= 0.3 is 0 Å². The summed E-state index contributed by atoms with van der Waals surface area (Å²) < 4.78 is 17.4. The van der Waals surface area contributed by atoms with Gasteiger partial charge in [-0.2, -0.15) is 0 Å². The standard InChI is InChI=1S/C33H40N6O4S/c1-24(25-13-15-35-16-14-25)36-33-37-31(30(44-33)23-39-17-21-41-22-18-39)26-5-9-28(10-6-26)42-19-3-2-4-20-43-29-11-7-27(8-12-29)32(34)38-40/h5-16,24,40H,2-4,17-23H2,1H3,(H2,34,38)(H,36,37). The Morgan fingerprint density at radius 1 is 0.955 bits per heavy atom. The molecule has 232 valence electrons. The number of anilines is 1. The van der Waals surface area contributed by atoms with Gasteiger partial charge in [-0.05, 0) is 92.4 Å². The van der Waals surface area contributed by atoms with E-state index in [0.717, 1.165) is 80.0 Å². The second-order valence-electron chi connectivity index (χ2n) is 10.6. The van der Waals surface area contributed by atoms with E-state index in [1.807, 2.05) is 42.1 Å². The first-order valence-corrected chi connectivity index (χ1v) is 15.8. The van der Waals surface area contributed by atoms with E-state index in [9.17, 15) is 0 Å². The van der Waals surface area contributed by atoms with Gasteiger partial charge in [-0.15, -0.1) is 11.3 Å². The Labute approximate surface area is 262 Å². The fourth-order valence-electron chi connectivity index (χ4n) is 4.88. The molecule has 1 aliphatic heterocycles. The van der Waals surface area contributed by atoms with Crippen molar-refractivity contribution in [2.24, 2.45) is 0 Å². The van der Waals surface area contributed by atoms with Crippen molar-refractivity contribution in [1.29, 1.82) is 5.41 Å². The number of thiazole rings is 1. The summed E-state index contributed by atoms with van der Waals surface area (Å²) in [6, 6.07) is 19.5. The van der Waals surface area contributed by atoms with Crippen molar-refractivity contribution < 1.29 is 19.4 Å². The molecule has 1 unspecified atom stereocenters. The molecule has 0 aliphatic carbocycles. The van der Waals surface area contributed by atoms with Crippen LogP contribution in [-0.4, -0.2) is 65.4 Å². The summed E-state index contributed by atoms with van der Waals surface area (Å²) in [6.07, 6.45) is 6.48. The smallest absolute Gasteiger partial charge is 0.184 e. The van der Waals surface area contributed by atoms with Crippen molar-refractivity contribution >= 4 is 22.3 Å². The highest BCUT2D eigenvalue weighted by Crippen LogP contribution is 2.35. The van der Waals surface area contributed by atoms with E-state index in [1.54, 1.807) is 35.6 Å². The molecule has 1 atom stereocenters. The summed E-state index contributed by atoms with van der Waals surface area (Å²) >= 11 is 1.72. The molecule has 0 saturated carbocycles. The first-order valence-electron chi connectivity index (χ1n) is 15.0. The van der Waals surface area contributed by atoms with Crippen molar-refractivity contribution in [1.82, 2.24) is 20.3 Å². The number of nitrogens with one attached hydrogen (secondary N) is 3. The van der Waals surface area contributed by atoms with E-state index < -0.39 is 0 Å². The summed E-state index contributed by atoms with van der Waals surface area (Å²) in [7, 11) is 0. The monoisotopic (exact) mass is 616 g/mol. The maximum atomic E-state index is 8.82. The predicted molar refractivity (Wildman–Crippen MR) is 173 cm³/mol. The number of pyridine rings is 1. The van der Waals surface area contributed by atoms with E-state index >= 15 is 0 Å². The molecule has 5 rings (SSSR count). The Morgan fingerprint density at radius 3 is 2.23 bits per heavy atom. The molecule has 0 spiro atoms. The van der Waals surface area contributed by atoms with Crippen molar-refractivity contribution in [3.8, 4) is 22.8 Å². The normalized spacial score (nSPS) is 14.1. The number of nitrogens with zero attached hydrogens (tertiary/aromatic N) is 3. The zero-order chi connectivity index (χ0) is 30.6. The van der Waals surface area contributed by atoms with Crippen LogP contribution in [0.25, 0.3) is 11.3 Å². The van der Waals surface area contributed by atoms with Crippen molar-refractivity contribution in [2.75, 3.05) is 44.8 Å². The first-order chi connectivity index (χ1) is 21.6. The van der Waals surface area contributed by atoms with E-state index in [2.05, 4.69) is 34.3 Å². The zero-order valence-electron chi connectivity index (χ0n) is 25.0. The maximum absolute atomic E-state index is 8.82. The molecular weight excluding hydrogens is 576 g/mol. The van der Waals surface area contributed by atoms with E-state index in [4.69, 9.17) is 29.8 Å². The highest BCUT2D eigenvalue weighted by atomic mass is 32.1. The van der Waals surface area contributed by atoms with Crippen molar-refractivity contribution in [3.63, 3.8) is 0 Å². The fraction of sp³-hybridized carbons (Fsp3) is 0.364. The molecule has 1 aliphatic rings. The average molecular weight is 617 g/mol. The summed E-state index contributed by atoms with van der Waals surface area (Å²) in [5.74, 6) is 1.55. The molecule has 11 heteroatoms. The van der Waals surface area contributed by atoms with Crippen LogP contribution in [0.5, 0.6) is 11.5 Å². The lowest BCUT2D eigenvalue weighted by Crippen LogP contribution is -2.35. The van der Waals surface area contributed by atoms with Gasteiger partial charge in [0, 0.05) is 48.0 Å². The van der Waals surface area contributed by atoms with Gasteiger partial charge in [-0.1, -0.05) is 0 Å². The number of amidine groups is 1. The fourth-order valence-corrected chi connectivity index (χ4v) is 5.99. The third-order valence-electron chi connectivity index (χ3n) is 7.42. The van der Waals surface area contributed by atoms with Crippen LogP contribution in [-0.2, 0) is 11.3 Å². The molecule has 2 aromatic carbocycles. The van der Waals surface area contributed by atoms with Gasteiger partial charge in [0.05, 0.1) is 38.2 Å². The predicted octanol–water partition coefficient (Wildman–Crippen LogP) is 6.14. The number of ether oxygens (including phenoxy) is 3. The number of hydrogen-bond donors (Lipinski definition) is 4. The lowest BCUT2D eigenvalue weighted by molar-refractivity contribution is 0.0347. The first kappa shape index (κ1) is 31.4. The molecule has 44 heavy (non-hydrogen) atoms. The Balaban J connectivity index is 1.11. The molecule has 2 aromatic heterocycles. The van der Waals surface area contributed by atoms with Crippen LogP contribution in [0.1, 0.15) is 48.2 Å². The highest BCUT2D eigenvalue weighted by molar-refractivity contribution is 7.16. The Kier molecular flexibility index (Phi) is 11.5. The maximum Gasteiger partial charge on any atom is 0.184 e. The largest absolute Gasteiger partial charge is 0.494 e. The van der Waals surface area contributed by atoms with Crippen LogP contribution in [0.2, 0.25) is 0 Å². The second kappa shape index (κ2) is 16.2. The molecular formula is C33H40N6O4S. The average Bonchev–Trinajstić information content (AvgIpc) is 3.46. The minimum Gasteiger partial charge on any atom is -0.494 e. The molecule has 0 amide bonds. The minimum absolute atomic E-state index is 0.0447. The van der Waals surface area contributed by atoms with Crippen LogP contribution in [0, 0.1) is 5.41 Å². The van der Waals surface area contributed by atoms with Gasteiger partial charge in [0.1, 0.15) is 17.3 Å². The summed E-state index contributed by atoms with van der Waals surface area (Å²) in [4.78, 5) is 12.8. The van der Waals surface area contributed by atoms with Crippen molar-refractivity contribution in [2.45, 2.75) is 38.8 Å². The quantitative estimate of drug-likeness (QED) is 0.0539. The number of aromatic nitrogens is 2. The lowest BCUT2D eigenvalue weighted by Gasteiger charge is -2.26. The Hall–Kier alpha value is -4.03. The van der Waals surface area contributed by atoms with Crippen LogP contribution < -0.4 is 20.3 Å². The molecule has 4 N–H and O–H groups in total. The number of unbranched alkanes of at least 4 members (excludes halogenated alkanes) is 2. The van der Waals surface area contributed by atoms with Crippen LogP contribution in [0.4, 0.5) is 5.13 Å². The number of benzene rings is 2. The SMILES string of the molecule is CC(Nc1nc(-c2ccc(OCCCCCOc3ccc(C(=N)NO)cc3)cc2)c(CN2CCOCC2)s1)c1ccncc1. The van der Waals surface area contributed by atoms with E-state index in [1.165, 1.54) is 10.4 Å². The van der Waals surface area contributed by atoms with Gasteiger partial charge in [-0.25, -0.2) is 4.98 Å². The molecule has 1 saturated heterocycles. The number of hydroxylamine groups is 1. The summed E-state index contributed by atoms with van der Waals surface area (Å²) in [5, 5.41) is 20.9. The van der Waals surface area contributed by atoms with E-state index in [-0.39, 0.29) is 11.9 Å². The van der Waals surface area contributed by atoms with E-state index in [0.29, 0.717) is 18.8 Å². The van der Waals surface area contributed by atoms with Gasteiger partial charge in [-0.3, -0.25) is 26.0 Å². The topological polar surface area (TPSA) is 125 Å². The van der Waals surface area contributed by atoms with Crippen molar-refractivity contribution in [3.05, 3.63) is 89.1 Å². The second-order valence-corrected chi connectivity index (χ2v) is 11.7. The molecule has 10 nitrogen and oxygen atoms in total. The highest BCUT2D eigenvalue weighted by Gasteiger charge is 2.19. The molecule has 1 fully saturated rings. The molecule has 4 aromatic rings. The van der Waals surface area contributed by atoms with Gasteiger partial charge in [0.15, 0.2) is 5.13 Å². The zero-order valence-corrected chi connectivity index (χ0v) is 25.8. The Morgan fingerprint density at radius 2 is 1.59 bits per heavy atom. The van der Waals surface area contributed by atoms with Gasteiger partial charge in [0.25, 0.3) is 0 Å². The van der Waals surface area contributed by atoms with Crippen LogP contribution in [0.15, 0.2) is 73.1 Å². The number of rotatable bonds is 15.